The molecule has 10 N–H and O–H groups in total. The van der Waals surface area contributed by atoms with Crippen LogP contribution in [0.5, 0.6) is 28.7 Å². The van der Waals surface area contributed by atoms with E-state index in [2.05, 4.69) is 4.74 Å². The van der Waals surface area contributed by atoms with Crippen molar-refractivity contribution >= 4 is 5.91 Å². The van der Waals surface area contributed by atoms with E-state index in [1.54, 1.807) is 0 Å². The zero-order chi connectivity index (χ0) is 21.8. The van der Waals surface area contributed by atoms with Gasteiger partial charge in [-0.25, -0.2) is 0 Å². The average Bonchev–Trinajstić information content (AvgIpc) is 3.18. The number of hydrogen-bond acceptors (Lipinski definition) is 12. The highest BCUT2D eigenvalue weighted by atomic mass is 16.9. The monoisotopic (exact) mass is 419 g/mol. The minimum atomic E-state index is -3.86. The molecule has 13 heteroatoms. The van der Waals surface area contributed by atoms with Crippen molar-refractivity contribution in [3.63, 3.8) is 0 Å². The summed E-state index contributed by atoms with van der Waals surface area (Å²) in [6.45, 7) is -0.883. The molecule has 1 aliphatic heterocycles. The van der Waals surface area contributed by atoms with Gasteiger partial charge in [0.15, 0.2) is 17.1 Å². The third kappa shape index (κ3) is 3.37. The molecule has 0 spiro atoms. The maximum atomic E-state index is 11.7. The van der Waals surface area contributed by atoms with Gasteiger partial charge in [0.05, 0.1) is 18.2 Å². The van der Waals surface area contributed by atoms with Crippen molar-refractivity contribution in [2.45, 2.75) is 49.3 Å². The third-order valence-corrected chi connectivity index (χ3v) is 4.97. The van der Waals surface area contributed by atoms with Crippen molar-refractivity contribution in [3.05, 3.63) is 5.56 Å². The van der Waals surface area contributed by atoms with Crippen LogP contribution in [-0.2, 0) is 10.4 Å². The Morgan fingerprint density at radius 3 is 2.00 bits per heavy atom. The fraction of sp³-hybridized carbons (Fsp3) is 0.562. The van der Waals surface area contributed by atoms with E-state index in [-0.39, 0.29) is 0 Å². The number of carbonyl (C=O) groups is 1. The highest BCUT2D eigenvalue weighted by Gasteiger charge is 2.63. The van der Waals surface area contributed by atoms with E-state index >= 15 is 0 Å². The molecule has 13 nitrogen and oxygen atoms in total. The van der Waals surface area contributed by atoms with Gasteiger partial charge in [-0.3, -0.25) is 4.79 Å². The normalized spacial score (nSPS) is 24.6. The molecule has 3 rings (SSSR count). The van der Waals surface area contributed by atoms with E-state index in [0.29, 0.717) is 12.8 Å². The van der Waals surface area contributed by atoms with Crippen molar-refractivity contribution in [2.24, 2.45) is 0 Å². The summed E-state index contributed by atoms with van der Waals surface area (Å²) in [6.07, 6.45) is -1.93. The van der Waals surface area contributed by atoms with Crippen LogP contribution in [-0.4, -0.2) is 76.5 Å². The number of ether oxygens (including phenoxy) is 2. The second kappa shape index (κ2) is 6.76. The van der Waals surface area contributed by atoms with E-state index in [9.17, 15) is 35.4 Å². The molecule has 1 unspecified atom stereocenters. The van der Waals surface area contributed by atoms with Crippen LogP contribution in [0.2, 0.25) is 0 Å². The van der Waals surface area contributed by atoms with Gasteiger partial charge in [-0.2, -0.15) is 0 Å². The van der Waals surface area contributed by atoms with Crippen molar-refractivity contribution in [1.29, 1.82) is 0 Å². The van der Waals surface area contributed by atoms with Crippen LogP contribution in [0.4, 0.5) is 0 Å². The van der Waals surface area contributed by atoms with Crippen LogP contribution >= 0.6 is 0 Å². The number of aliphatic hydroxyl groups is 6. The van der Waals surface area contributed by atoms with Crippen LogP contribution in [0.25, 0.3) is 0 Å². The van der Waals surface area contributed by atoms with Crippen molar-refractivity contribution < 1.29 is 60.2 Å². The quantitative estimate of drug-likeness (QED) is 0.131. The number of aromatic hydroxyl groups is 3. The summed E-state index contributed by atoms with van der Waals surface area (Å²) in [5.41, 5.74) is -4.14. The summed E-state index contributed by atoms with van der Waals surface area (Å²) < 4.78 is 9.84. The largest absolute Gasteiger partial charge is 0.504 e. The molecule has 0 radical (unpaired) electrons. The van der Waals surface area contributed by atoms with Gasteiger partial charge >= 0.3 is 6.16 Å². The van der Waals surface area contributed by atoms with E-state index in [0.717, 1.165) is 12.8 Å². The zero-order valence-corrected chi connectivity index (χ0v) is 14.9. The summed E-state index contributed by atoms with van der Waals surface area (Å²) >= 11 is 0. The molecule has 0 bridgehead atoms. The highest BCUT2D eigenvalue weighted by Crippen LogP contribution is 2.58. The molecule has 1 saturated heterocycles. The van der Waals surface area contributed by atoms with Gasteiger partial charge in [0.25, 0.3) is 11.7 Å². The van der Waals surface area contributed by atoms with Gasteiger partial charge in [-0.15, -0.1) is 0 Å². The SMILES string of the molecule is O=C1NCC(O)(c2c(O)c(O)c(OC(O)(O)O)c(OC3CCCC3)c2O)C1(O)O. The van der Waals surface area contributed by atoms with Gasteiger partial charge in [0, 0.05) is 0 Å². The summed E-state index contributed by atoms with van der Waals surface area (Å²) in [6, 6.07) is 0. The number of phenols is 3. The number of nitrogens with one attached hydrogen (secondary N) is 1. The summed E-state index contributed by atoms with van der Waals surface area (Å²) in [5, 5.41) is 91.1. The Kier molecular flexibility index (Phi) is 4.93. The van der Waals surface area contributed by atoms with Crippen LogP contribution in [0, 0.1) is 0 Å². The average molecular weight is 419 g/mol. The molecule has 0 aromatic heterocycles. The molecule has 2 aliphatic rings. The number of hydrogen-bond donors (Lipinski definition) is 10. The van der Waals surface area contributed by atoms with Crippen LogP contribution < -0.4 is 14.8 Å². The minimum absolute atomic E-state index is 0.493. The Morgan fingerprint density at radius 1 is 0.931 bits per heavy atom. The van der Waals surface area contributed by atoms with E-state index in [1.165, 1.54) is 0 Å². The predicted octanol–water partition coefficient (Wildman–Crippen LogP) is -2.91. The molecular weight excluding hydrogens is 398 g/mol. The first kappa shape index (κ1) is 21.2. The van der Waals surface area contributed by atoms with E-state index in [4.69, 9.17) is 20.1 Å². The molecule has 1 atom stereocenters. The fourth-order valence-corrected chi connectivity index (χ4v) is 3.48. The second-order valence-corrected chi connectivity index (χ2v) is 6.99. The number of rotatable bonds is 5. The summed E-state index contributed by atoms with van der Waals surface area (Å²) in [5.74, 6) is -10.9. The molecule has 1 aromatic rings. The smallest absolute Gasteiger partial charge is 0.453 e. The van der Waals surface area contributed by atoms with Crippen molar-refractivity contribution in [1.82, 2.24) is 5.32 Å². The minimum Gasteiger partial charge on any atom is -0.504 e. The lowest BCUT2D eigenvalue weighted by molar-refractivity contribution is -0.420. The molecular formula is C16H21NO12. The van der Waals surface area contributed by atoms with Gasteiger partial charge < -0.3 is 60.7 Å². The Bertz CT molecular complexity index is 826. The van der Waals surface area contributed by atoms with Crippen molar-refractivity contribution in [3.8, 4) is 28.7 Å². The first-order chi connectivity index (χ1) is 13.3. The summed E-state index contributed by atoms with van der Waals surface area (Å²) in [4.78, 5) is 11.7. The number of β-amino-alcohol motifs (C(OH)–C–C–N with tert-alkyl or cyclic N) is 1. The molecule has 162 valence electrons. The van der Waals surface area contributed by atoms with Crippen LogP contribution in [0.15, 0.2) is 0 Å². The van der Waals surface area contributed by atoms with Gasteiger partial charge in [-0.05, 0) is 25.7 Å². The second-order valence-electron chi connectivity index (χ2n) is 6.99. The topological polar surface area (TPSA) is 230 Å². The van der Waals surface area contributed by atoms with Crippen LogP contribution in [0.1, 0.15) is 31.2 Å². The van der Waals surface area contributed by atoms with E-state index < -0.39 is 70.4 Å². The van der Waals surface area contributed by atoms with Gasteiger partial charge in [0.1, 0.15) is 0 Å². The Morgan fingerprint density at radius 2 is 1.52 bits per heavy atom. The molecule has 1 heterocycles. The lowest BCUT2D eigenvalue weighted by Gasteiger charge is -2.33. The lowest BCUT2D eigenvalue weighted by atomic mass is 9.85. The summed E-state index contributed by atoms with van der Waals surface area (Å²) in [7, 11) is 0. The number of benzene rings is 1. The lowest BCUT2D eigenvalue weighted by Crippen LogP contribution is -2.53. The molecule has 1 aliphatic carbocycles. The molecule has 1 aromatic carbocycles. The molecule has 1 saturated carbocycles. The Labute approximate surface area is 162 Å². The van der Waals surface area contributed by atoms with Crippen LogP contribution in [0.3, 0.4) is 0 Å². The third-order valence-electron chi connectivity index (χ3n) is 4.97. The molecule has 2 fully saturated rings. The highest BCUT2D eigenvalue weighted by molar-refractivity contribution is 5.89. The van der Waals surface area contributed by atoms with E-state index in [1.807, 2.05) is 5.32 Å². The maximum absolute atomic E-state index is 11.7. The van der Waals surface area contributed by atoms with Gasteiger partial charge in [0.2, 0.25) is 17.2 Å². The molecule has 1 amide bonds. The van der Waals surface area contributed by atoms with Crippen molar-refractivity contribution in [2.75, 3.05) is 6.54 Å². The predicted molar refractivity (Wildman–Crippen MR) is 88.4 cm³/mol. The molecule has 29 heavy (non-hydrogen) atoms. The number of phenolic OH excluding ortho intramolecular Hbond substituents is 3. The maximum Gasteiger partial charge on any atom is 0.453 e. The first-order valence-corrected chi connectivity index (χ1v) is 8.59. The first-order valence-electron chi connectivity index (χ1n) is 8.59. The number of amides is 1. The van der Waals surface area contributed by atoms with Gasteiger partial charge in [-0.1, -0.05) is 0 Å². The zero-order valence-electron chi connectivity index (χ0n) is 14.9. The standard InChI is InChI=1S/C16H21NO12/c18-8-7(14(22)5-17-13(21)15(14,23)24)9(19)11(28-6-3-1-2-4-6)12(10(8)20)29-16(25,26)27/h6,18-20,22-27H,1-5H2,(H,17,21). The Balaban J connectivity index is 2.23. The fourth-order valence-electron chi connectivity index (χ4n) is 3.48. The number of carbonyl (C=O) groups excluding carboxylic acids is 1. The Hall–Kier alpha value is -2.55.